The normalized spacial score (nSPS) is 19.0. The quantitative estimate of drug-likeness (QED) is 0.788. The smallest absolute Gasteiger partial charge is 0.213 e. The van der Waals surface area contributed by atoms with Gasteiger partial charge in [-0.2, -0.15) is 0 Å². The molecule has 7 nitrogen and oxygen atoms in total. The highest BCUT2D eigenvalue weighted by atomic mass is 32.1. The topological polar surface area (TPSA) is 54.0 Å². The molecular weight excluding hydrogens is 350 g/mol. The number of hydrogen-bond donors (Lipinski definition) is 0. The Hall–Kier alpha value is -1.90. The lowest BCUT2D eigenvalue weighted by Gasteiger charge is -2.35. The van der Waals surface area contributed by atoms with E-state index in [-0.39, 0.29) is 0 Å². The van der Waals surface area contributed by atoms with Crippen LogP contribution in [0.25, 0.3) is 0 Å². The molecule has 0 unspecified atom stereocenters. The Labute approximate surface area is 158 Å². The summed E-state index contributed by atoms with van der Waals surface area (Å²) < 4.78 is 10.6. The molecule has 2 aromatic heterocycles. The lowest BCUT2D eigenvalue weighted by Crippen LogP contribution is -2.45. The minimum Gasteiger partial charge on any atom is -0.481 e. The van der Waals surface area contributed by atoms with Gasteiger partial charge >= 0.3 is 0 Å². The summed E-state index contributed by atoms with van der Waals surface area (Å²) in [5.41, 5.74) is 1.16. The van der Waals surface area contributed by atoms with Gasteiger partial charge in [-0.1, -0.05) is 0 Å². The van der Waals surface area contributed by atoms with Gasteiger partial charge in [0.1, 0.15) is 0 Å². The third-order valence-corrected chi connectivity index (χ3v) is 5.91. The zero-order valence-electron chi connectivity index (χ0n) is 15.1. The maximum absolute atomic E-state index is 5.42. The number of rotatable bonds is 5. The van der Waals surface area contributed by atoms with Crippen LogP contribution in [0.5, 0.6) is 5.88 Å². The molecule has 0 aromatic carbocycles. The van der Waals surface area contributed by atoms with E-state index in [9.17, 15) is 0 Å². The summed E-state index contributed by atoms with van der Waals surface area (Å²) in [5.74, 6) is 0.661. The lowest BCUT2D eigenvalue weighted by atomic mass is 10.2. The first-order valence-electron chi connectivity index (χ1n) is 9.06. The molecule has 0 radical (unpaired) electrons. The molecule has 4 heterocycles. The second-order valence-corrected chi connectivity index (χ2v) is 7.62. The Morgan fingerprint density at radius 2 is 1.81 bits per heavy atom. The zero-order chi connectivity index (χ0) is 17.8. The minimum absolute atomic E-state index is 0.661. The van der Waals surface area contributed by atoms with Gasteiger partial charge in [-0.25, -0.2) is 9.97 Å². The summed E-state index contributed by atoms with van der Waals surface area (Å²) >= 11 is 1.81. The van der Waals surface area contributed by atoms with Gasteiger partial charge in [-0.05, 0) is 6.07 Å². The highest BCUT2D eigenvalue weighted by Crippen LogP contribution is 2.25. The van der Waals surface area contributed by atoms with E-state index in [4.69, 9.17) is 9.47 Å². The first kappa shape index (κ1) is 17.5. The number of pyridine rings is 1. The second kappa shape index (κ2) is 8.20. The van der Waals surface area contributed by atoms with Crippen molar-refractivity contribution in [3.63, 3.8) is 0 Å². The van der Waals surface area contributed by atoms with Gasteiger partial charge in [-0.15, -0.1) is 11.3 Å². The average Bonchev–Trinajstić information content (AvgIpc) is 3.18. The van der Waals surface area contributed by atoms with Crippen LogP contribution in [-0.2, 0) is 11.3 Å². The standard InChI is InChI=1S/C18H25N5O2S/c1-24-17-3-2-15(12-19-17)22-6-4-21(5-7-22)14-16-13-20-18(26-16)23-8-10-25-11-9-23/h2-3,12-13H,4-11,14H2,1H3. The van der Waals surface area contributed by atoms with Gasteiger partial charge in [0.05, 0.1) is 32.2 Å². The summed E-state index contributed by atoms with van der Waals surface area (Å²) in [6.45, 7) is 8.62. The molecule has 8 heteroatoms. The molecule has 0 N–H and O–H groups in total. The van der Waals surface area contributed by atoms with E-state index in [0.717, 1.165) is 69.8 Å². The van der Waals surface area contributed by atoms with E-state index in [1.54, 1.807) is 7.11 Å². The second-order valence-electron chi connectivity index (χ2n) is 6.53. The molecule has 0 atom stereocenters. The molecule has 2 saturated heterocycles. The maximum Gasteiger partial charge on any atom is 0.213 e. The van der Waals surface area contributed by atoms with Crippen molar-refractivity contribution in [3.8, 4) is 5.88 Å². The van der Waals surface area contributed by atoms with Gasteiger partial charge in [-0.3, -0.25) is 4.90 Å². The highest BCUT2D eigenvalue weighted by molar-refractivity contribution is 7.15. The third-order valence-electron chi connectivity index (χ3n) is 4.87. The Morgan fingerprint density at radius 3 is 2.50 bits per heavy atom. The van der Waals surface area contributed by atoms with Crippen LogP contribution in [0.2, 0.25) is 0 Å². The number of hydrogen-bond acceptors (Lipinski definition) is 8. The lowest BCUT2D eigenvalue weighted by molar-refractivity contribution is 0.122. The molecule has 0 bridgehead atoms. The molecule has 0 aliphatic carbocycles. The first-order chi connectivity index (χ1) is 12.8. The predicted molar refractivity (Wildman–Crippen MR) is 103 cm³/mol. The van der Waals surface area contributed by atoms with E-state index in [1.807, 2.05) is 29.8 Å². The molecule has 26 heavy (non-hydrogen) atoms. The number of morpholine rings is 1. The molecule has 0 saturated carbocycles. The van der Waals surface area contributed by atoms with Crippen LogP contribution in [0.3, 0.4) is 0 Å². The van der Waals surface area contributed by atoms with Crippen LogP contribution < -0.4 is 14.5 Å². The minimum atomic E-state index is 0.661. The van der Waals surface area contributed by atoms with Crippen molar-refractivity contribution in [2.24, 2.45) is 0 Å². The number of thiazole rings is 1. The van der Waals surface area contributed by atoms with Crippen LogP contribution in [0.4, 0.5) is 10.8 Å². The number of ether oxygens (including phenoxy) is 2. The maximum atomic E-state index is 5.42. The Morgan fingerprint density at radius 1 is 1.00 bits per heavy atom. The van der Waals surface area contributed by atoms with Crippen molar-refractivity contribution in [3.05, 3.63) is 29.4 Å². The summed E-state index contributed by atoms with van der Waals surface area (Å²) in [6.07, 6.45) is 3.93. The van der Waals surface area contributed by atoms with Gasteiger partial charge in [0, 0.05) is 63.0 Å². The summed E-state index contributed by atoms with van der Waals surface area (Å²) in [4.78, 5) is 17.5. The Balaban J connectivity index is 1.29. The summed E-state index contributed by atoms with van der Waals surface area (Å²) in [6, 6.07) is 4.01. The SMILES string of the molecule is COc1ccc(N2CCN(Cc3cnc(N4CCOCC4)s3)CC2)cn1. The fourth-order valence-corrected chi connectivity index (χ4v) is 4.34. The largest absolute Gasteiger partial charge is 0.481 e. The molecule has 0 spiro atoms. The molecular formula is C18H25N5O2S. The monoisotopic (exact) mass is 375 g/mol. The van der Waals surface area contributed by atoms with Crippen molar-refractivity contribution in [2.45, 2.75) is 6.54 Å². The summed E-state index contributed by atoms with van der Waals surface area (Å²) in [5, 5.41) is 1.13. The van der Waals surface area contributed by atoms with Crippen LogP contribution in [0.15, 0.2) is 24.5 Å². The Bertz CT molecular complexity index is 694. The molecule has 2 fully saturated rings. The molecule has 0 amide bonds. The van der Waals surface area contributed by atoms with Gasteiger partial charge in [0.25, 0.3) is 0 Å². The van der Waals surface area contributed by atoms with Gasteiger partial charge < -0.3 is 19.3 Å². The van der Waals surface area contributed by atoms with E-state index < -0.39 is 0 Å². The van der Waals surface area contributed by atoms with E-state index in [2.05, 4.69) is 30.7 Å². The number of piperazine rings is 1. The Kier molecular flexibility index (Phi) is 5.52. The molecule has 2 aromatic rings. The molecule has 140 valence electrons. The van der Waals surface area contributed by atoms with Crippen LogP contribution >= 0.6 is 11.3 Å². The molecule has 4 rings (SSSR count). The first-order valence-corrected chi connectivity index (χ1v) is 9.88. The number of methoxy groups -OCH3 is 1. The molecule has 2 aliphatic heterocycles. The van der Waals surface area contributed by atoms with Gasteiger partial charge in [0.2, 0.25) is 5.88 Å². The predicted octanol–water partition coefficient (Wildman–Crippen LogP) is 1.71. The van der Waals surface area contributed by atoms with E-state index >= 15 is 0 Å². The van der Waals surface area contributed by atoms with Crippen molar-refractivity contribution >= 4 is 22.2 Å². The number of anilines is 2. The fourth-order valence-electron chi connectivity index (χ4n) is 3.34. The number of aromatic nitrogens is 2. The zero-order valence-corrected chi connectivity index (χ0v) is 16.0. The van der Waals surface area contributed by atoms with Crippen molar-refractivity contribution in [1.82, 2.24) is 14.9 Å². The van der Waals surface area contributed by atoms with Crippen LogP contribution in [0.1, 0.15) is 4.88 Å². The highest BCUT2D eigenvalue weighted by Gasteiger charge is 2.20. The average molecular weight is 375 g/mol. The van der Waals surface area contributed by atoms with Crippen molar-refractivity contribution in [1.29, 1.82) is 0 Å². The number of nitrogens with zero attached hydrogens (tertiary/aromatic N) is 5. The van der Waals surface area contributed by atoms with Crippen molar-refractivity contribution < 1.29 is 9.47 Å². The summed E-state index contributed by atoms with van der Waals surface area (Å²) in [7, 11) is 1.64. The fraction of sp³-hybridized carbons (Fsp3) is 0.556. The molecule has 2 aliphatic rings. The van der Waals surface area contributed by atoms with Crippen molar-refractivity contribution in [2.75, 3.05) is 69.4 Å². The van der Waals surface area contributed by atoms with Crippen LogP contribution in [0, 0.1) is 0 Å². The van der Waals surface area contributed by atoms with E-state index in [0.29, 0.717) is 5.88 Å². The van der Waals surface area contributed by atoms with Crippen LogP contribution in [-0.4, -0.2) is 74.5 Å². The van der Waals surface area contributed by atoms with E-state index in [1.165, 1.54) is 4.88 Å². The van der Waals surface area contributed by atoms with Gasteiger partial charge in [0.15, 0.2) is 5.13 Å². The third kappa shape index (κ3) is 4.08.